The number of aryl methyl sites for hydroxylation is 1. The third kappa shape index (κ3) is 2.82. The first-order valence-electron chi connectivity index (χ1n) is 5.67. The number of fused-ring (bicyclic) bond motifs is 1. The van der Waals surface area contributed by atoms with Crippen molar-refractivity contribution < 1.29 is 9.18 Å². The fourth-order valence-electron chi connectivity index (χ4n) is 1.90. The molecule has 102 valence electrons. The Morgan fingerprint density at radius 1 is 1.58 bits per heavy atom. The maximum absolute atomic E-state index is 13.5. The van der Waals surface area contributed by atoms with Gasteiger partial charge < -0.3 is 10.3 Å². The van der Waals surface area contributed by atoms with E-state index in [4.69, 9.17) is 28.9 Å². The molecule has 4 nitrogen and oxygen atoms in total. The van der Waals surface area contributed by atoms with Crippen LogP contribution in [0.15, 0.2) is 12.1 Å². The number of primary amides is 1. The minimum absolute atomic E-state index is 0.000766. The van der Waals surface area contributed by atoms with Crippen molar-refractivity contribution in [3.8, 4) is 0 Å². The van der Waals surface area contributed by atoms with E-state index in [2.05, 4.69) is 4.98 Å². The van der Waals surface area contributed by atoms with Gasteiger partial charge in [0.1, 0.15) is 11.6 Å². The van der Waals surface area contributed by atoms with Crippen LogP contribution in [-0.4, -0.2) is 15.5 Å². The van der Waals surface area contributed by atoms with Gasteiger partial charge in [-0.2, -0.15) is 0 Å². The zero-order chi connectivity index (χ0) is 14.2. The van der Waals surface area contributed by atoms with E-state index in [9.17, 15) is 9.18 Å². The van der Waals surface area contributed by atoms with Gasteiger partial charge in [0.2, 0.25) is 5.91 Å². The third-order valence-electron chi connectivity index (χ3n) is 2.76. The molecule has 0 spiro atoms. The highest BCUT2D eigenvalue weighted by atomic mass is 35.5. The van der Waals surface area contributed by atoms with Crippen molar-refractivity contribution in [2.75, 3.05) is 0 Å². The van der Waals surface area contributed by atoms with Gasteiger partial charge in [0.05, 0.1) is 21.4 Å². The molecule has 1 amide bonds. The van der Waals surface area contributed by atoms with Crippen LogP contribution in [0.4, 0.5) is 4.39 Å². The molecule has 0 saturated carbocycles. The van der Waals surface area contributed by atoms with E-state index >= 15 is 0 Å². The van der Waals surface area contributed by atoms with E-state index in [1.54, 1.807) is 11.5 Å². The van der Waals surface area contributed by atoms with Gasteiger partial charge in [-0.25, -0.2) is 9.37 Å². The van der Waals surface area contributed by atoms with E-state index in [-0.39, 0.29) is 16.8 Å². The number of rotatable bonds is 4. The van der Waals surface area contributed by atoms with Crippen LogP contribution < -0.4 is 5.73 Å². The maximum atomic E-state index is 13.5. The van der Waals surface area contributed by atoms with Crippen LogP contribution in [0, 0.1) is 5.82 Å². The molecule has 0 radical (unpaired) electrons. The van der Waals surface area contributed by atoms with Crippen LogP contribution in [-0.2, 0) is 11.3 Å². The van der Waals surface area contributed by atoms with Crippen LogP contribution in [0.5, 0.6) is 0 Å². The van der Waals surface area contributed by atoms with Gasteiger partial charge in [0.15, 0.2) is 0 Å². The van der Waals surface area contributed by atoms with Crippen LogP contribution in [0.25, 0.3) is 11.0 Å². The third-order valence-corrected chi connectivity index (χ3v) is 3.24. The van der Waals surface area contributed by atoms with Gasteiger partial charge in [-0.3, -0.25) is 4.79 Å². The number of nitrogens with two attached hydrogens (primary N) is 1. The number of hydrogen-bond donors (Lipinski definition) is 1. The maximum Gasteiger partial charge on any atom is 0.219 e. The van der Waals surface area contributed by atoms with Crippen molar-refractivity contribution in [1.29, 1.82) is 0 Å². The Hall–Kier alpha value is -1.33. The molecule has 2 N–H and O–H groups in total. The van der Waals surface area contributed by atoms with Crippen molar-refractivity contribution >= 4 is 40.1 Å². The van der Waals surface area contributed by atoms with Crippen LogP contribution in [0.3, 0.4) is 0 Å². The predicted octanol–water partition coefficient (Wildman–Crippen LogP) is 3.00. The minimum atomic E-state index is -0.539. The summed E-state index contributed by atoms with van der Waals surface area (Å²) in [4.78, 5) is 15.2. The Morgan fingerprint density at radius 3 is 2.84 bits per heavy atom. The van der Waals surface area contributed by atoms with Gasteiger partial charge in [-0.15, -0.1) is 11.6 Å². The van der Waals surface area contributed by atoms with E-state index in [1.165, 1.54) is 12.1 Å². The molecule has 0 aliphatic carbocycles. The molecular weight excluding hydrogens is 292 g/mol. The number of carbonyl (C=O) groups is 1. The van der Waals surface area contributed by atoms with Crippen LogP contribution in [0.2, 0.25) is 5.02 Å². The molecule has 1 atom stereocenters. The lowest BCUT2D eigenvalue weighted by Crippen LogP contribution is -2.15. The summed E-state index contributed by atoms with van der Waals surface area (Å²) in [6.07, 6.45) is 0.131. The Bertz CT molecular complexity index is 639. The number of amides is 1. The van der Waals surface area contributed by atoms with Crippen molar-refractivity contribution in [3.63, 3.8) is 0 Å². The predicted molar refractivity (Wildman–Crippen MR) is 72.8 cm³/mol. The summed E-state index contributed by atoms with van der Waals surface area (Å²) in [5, 5.41) is -0.372. The lowest BCUT2D eigenvalue weighted by atomic mass is 10.3. The Kier molecular flexibility index (Phi) is 3.96. The first kappa shape index (κ1) is 14.1. The lowest BCUT2D eigenvalue weighted by molar-refractivity contribution is -0.118. The number of hydrogen-bond acceptors (Lipinski definition) is 2. The van der Waals surface area contributed by atoms with Gasteiger partial charge in [0, 0.05) is 19.0 Å². The molecule has 2 rings (SSSR count). The average molecular weight is 304 g/mol. The molecule has 2 aromatic rings. The fraction of sp³-hybridized carbons (Fsp3) is 0.333. The number of halogens is 3. The quantitative estimate of drug-likeness (QED) is 0.883. The van der Waals surface area contributed by atoms with E-state index < -0.39 is 11.7 Å². The van der Waals surface area contributed by atoms with Gasteiger partial charge in [-0.05, 0) is 13.0 Å². The molecule has 0 saturated heterocycles. The summed E-state index contributed by atoms with van der Waals surface area (Å²) in [5.41, 5.74) is 6.22. The molecule has 0 fully saturated rings. The summed E-state index contributed by atoms with van der Waals surface area (Å²) >= 11 is 11.8. The smallest absolute Gasteiger partial charge is 0.219 e. The SMILES string of the molecule is CC(Cl)c1nc2cc(Cl)c(F)cc2n1CCC(N)=O. The molecule has 1 aromatic carbocycles. The monoisotopic (exact) mass is 303 g/mol. The second-order valence-electron chi connectivity index (χ2n) is 4.21. The molecule has 0 aliphatic rings. The molecule has 1 aromatic heterocycles. The first-order valence-corrected chi connectivity index (χ1v) is 6.49. The first-order chi connectivity index (χ1) is 8.90. The summed E-state index contributed by atoms with van der Waals surface area (Å²) in [6.45, 7) is 2.06. The van der Waals surface area contributed by atoms with Crippen molar-refractivity contribution in [3.05, 3.63) is 28.8 Å². The van der Waals surface area contributed by atoms with Crippen molar-refractivity contribution in [2.24, 2.45) is 5.73 Å². The Labute approximate surface area is 119 Å². The molecule has 1 unspecified atom stereocenters. The molecule has 0 bridgehead atoms. The average Bonchev–Trinajstić information content (AvgIpc) is 2.65. The summed E-state index contributed by atoms with van der Waals surface area (Å²) in [5.74, 6) is -0.424. The molecule has 1 heterocycles. The number of benzene rings is 1. The lowest BCUT2D eigenvalue weighted by Gasteiger charge is -2.09. The number of aromatic nitrogens is 2. The number of carbonyl (C=O) groups excluding carboxylic acids is 1. The molecule has 0 aliphatic heterocycles. The highest BCUT2D eigenvalue weighted by Gasteiger charge is 2.17. The summed E-state index contributed by atoms with van der Waals surface area (Å²) < 4.78 is 15.2. The van der Waals surface area contributed by atoms with Gasteiger partial charge >= 0.3 is 0 Å². The second-order valence-corrected chi connectivity index (χ2v) is 5.27. The zero-order valence-electron chi connectivity index (χ0n) is 10.2. The van der Waals surface area contributed by atoms with Gasteiger partial charge in [-0.1, -0.05) is 11.6 Å². The highest BCUT2D eigenvalue weighted by Crippen LogP contribution is 2.28. The van der Waals surface area contributed by atoms with E-state index in [0.29, 0.717) is 23.4 Å². The van der Waals surface area contributed by atoms with Gasteiger partial charge in [0.25, 0.3) is 0 Å². The normalized spacial score (nSPS) is 12.8. The largest absolute Gasteiger partial charge is 0.370 e. The standard InChI is InChI=1S/C12H12Cl2FN3O/c1-6(13)12-17-9-4-7(14)8(15)5-10(9)18(12)3-2-11(16)19/h4-6H,2-3H2,1H3,(H2,16,19). The van der Waals surface area contributed by atoms with Crippen LogP contribution >= 0.6 is 23.2 Å². The number of alkyl halides is 1. The highest BCUT2D eigenvalue weighted by molar-refractivity contribution is 6.31. The van der Waals surface area contributed by atoms with Crippen molar-refractivity contribution in [2.45, 2.75) is 25.3 Å². The molecule has 7 heteroatoms. The fourth-order valence-corrected chi connectivity index (χ4v) is 2.22. The summed E-state index contributed by atoms with van der Waals surface area (Å²) in [6, 6.07) is 2.73. The molecular formula is C12H12Cl2FN3O. The van der Waals surface area contributed by atoms with E-state index in [0.717, 1.165) is 0 Å². The topological polar surface area (TPSA) is 60.9 Å². The minimum Gasteiger partial charge on any atom is -0.370 e. The second kappa shape index (κ2) is 5.35. The Morgan fingerprint density at radius 2 is 2.26 bits per heavy atom. The molecule has 19 heavy (non-hydrogen) atoms. The summed E-state index contributed by atoms with van der Waals surface area (Å²) in [7, 11) is 0. The number of nitrogens with zero attached hydrogens (tertiary/aromatic N) is 2. The van der Waals surface area contributed by atoms with Crippen molar-refractivity contribution in [1.82, 2.24) is 9.55 Å². The number of imidazole rings is 1. The van der Waals surface area contributed by atoms with Crippen LogP contribution in [0.1, 0.15) is 24.5 Å². The zero-order valence-corrected chi connectivity index (χ0v) is 11.7. The van der Waals surface area contributed by atoms with E-state index in [1.807, 2.05) is 0 Å². The Balaban J connectivity index is 2.58.